The van der Waals surface area contributed by atoms with Crippen LogP contribution in [0.2, 0.25) is 0 Å². The Kier molecular flexibility index (Phi) is 2.66. The van der Waals surface area contributed by atoms with Crippen molar-refractivity contribution in [2.75, 3.05) is 0 Å². The third kappa shape index (κ3) is 1.93. The molecule has 0 saturated carbocycles. The van der Waals surface area contributed by atoms with Crippen molar-refractivity contribution in [3.8, 4) is 0 Å². The van der Waals surface area contributed by atoms with Gasteiger partial charge in [0, 0.05) is 17.8 Å². The van der Waals surface area contributed by atoms with E-state index in [1.165, 1.54) is 0 Å². The molecule has 19 heavy (non-hydrogen) atoms. The first-order valence-electron chi connectivity index (χ1n) is 6.45. The highest BCUT2D eigenvalue weighted by Gasteiger charge is 2.52. The van der Waals surface area contributed by atoms with Gasteiger partial charge >= 0.3 is 7.12 Å². The number of rotatable bonds is 1. The van der Waals surface area contributed by atoms with Crippen LogP contribution in [0.25, 0.3) is 10.9 Å². The minimum atomic E-state index is -0.363. The molecule has 0 N–H and O–H groups in total. The fourth-order valence-electron chi connectivity index (χ4n) is 2.20. The molecule has 0 aromatic carbocycles. The Morgan fingerprint density at radius 3 is 2.37 bits per heavy atom. The van der Waals surface area contributed by atoms with Gasteiger partial charge in [-0.05, 0) is 45.3 Å². The zero-order valence-electron chi connectivity index (χ0n) is 11.7. The first-order chi connectivity index (χ1) is 8.91. The minimum Gasteiger partial charge on any atom is -0.399 e. The molecule has 0 amide bonds. The SMILES string of the molecule is CC1(C)OB(c2ccnc3cnccc23)OC1(C)C. The van der Waals surface area contributed by atoms with E-state index in [4.69, 9.17) is 9.31 Å². The quantitative estimate of drug-likeness (QED) is 0.731. The average Bonchev–Trinajstić information content (AvgIpc) is 2.58. The third-order valence-electron chi connectivity index (χ3n) is 4.09. The van der Waals surface area contributed by atoms with Crippen LogP contribution >= 0.6 is 0 Å². The number of pyridine rings is 2. The molecule has 0 unspecified atom stereocenters. The maximum Gasteiger partial charge on any atom is 0.495 e. The van der Waals surface area contributed by atoms with E-state index in [0.29, 0.717) is 0 Å². The molecule has 1 aliphatic heterocycles. The summed E-state index contributed by atoms with van der Waals surface area (Å²) >= 11 is 0. The van der Waals surface area contributed by atoms with E-state index in [-0.39, 0.29) is 18.3 Å². The minimum absolute atomic E-state index is 0.333. The molecule has 2 aromatic rings. The van der Waals surface area contributed by atoms with Crippen LogP contribution in [0.4, 0.5) is 0 Å². The van der Waals surface area contributed by atoms with E-state index >= 15 is 0 Å². The summed E-state index contributed by atoms with van der Waals surface area (Å²) in [6.45, 7) is 8.21. The van der Waals surface area contributed by atoms with Gasteiger partial charge in [-0.1, -0.05) is 0 Å². The van der Waals surface area contributed by atoms with Crippen molar-refractivity contribution in [2.24, 2.45) is 0 Å². The molecule has 4 nitrogen and oxygen atoms in total. The molecule has 0 spiro atoms. The van der Waals surface area contributed by atoms with Crippen LogP contribution in [0.3, 0.4) is 0 Å². The van der Waals surface area contributed by atoms with Crippen LogP contribution in [0.5, 0.6) is 0 Å². The molecule has 1 saturated heterocycles. The number of aromatic nitrogens is 2. The summed E-state index contributed by atoms with van der Waals surface area (Å²) in [7, 11) is -0.363. The van der Waals surface area contributed by atoms with Gasteiger partial charge in [-0.25, -0.2) is 0 Å². The van der Waals surface area contributed by atoms with E-state index < -0.39 is 0 Å². The van der Waals surface area contributed by atoms with Crippen LogP contribution in [0.1, 0.15) is 27.7 Å². The van der Waals surface area contributed by atoms with Crippen molar-refractivity contribution in [2.45, 2.75) is 38.9 Å². The molecule has 1 fully saturated rings. The lowest BCUT2D eigenvalue weighted by Gasteiger charge is -2.32. The van der Waals surface area contributed by atoms with E-state index in [1.807, 2.05) is 12.1 Å². The Balaban J connectivity index is 2.08. The van der Waals surface area contributed by atoms with Crippen molar-refractivity contribution >= 4 is 23.5 Å². The fraction of sp³-hybridized carbons (Fsp3) is 0.429. The molecule has 0 atom stereocenters. The Hall–Kier alpha value is -1.46. The van der Waals surface area contributed by atoms with Crippen LogP contribution < -0.4 is 5.46 Å². The van der Waals surface area contributed by atoms with Crippen LogP contribution in [-0.2, 0) is 9.31 Å². The number of fused-ring (bicyclic) bond motifs is 1. The fourth-order valence-corrected chi connectivity index (χ4v) is 2.20. The van der Waals surface area contributed by atoms with Gasteiger partial charge in [-0.15, -0.1) is 0 Å². The lowest BCUT2D eigenvalue weighted by atomic mass is 9.77. The highest BCUT2D eigenvalue weighted by Crippen LogP contribution is 2.36. The van der Waals surface area contributed by atoms with E-state index in [0.717, 1.165) is 16.4 Å². The van der Waals surface area contributed by atoms with Crippen molar-refractivity contribution in [3.05, 3.63) is 30.7 Å². The molecule has 0 aliphatic carbocycles. The monoisotopic (exact) mass is 256 g/mol. The van der Waals surface area contributed by atoms with E-state index in [2.05, 4.69) is 37.7 Å². The van der Waals surface area contributed by atoms with Gasteiger partial charge in [0.1, 0.15) is 0 Å². The Bertz CT molecular complexity index is 606. The van der Waals surface area contributed by atoms with Crippen molar-refractivity contribution < 1.29 is 9.31 Å². The Labute approximate surface area is 113 Å². The van der Waals surface area contributed by atoms with Crippen LogP contribution in [0, 0.1) is 0 Å². The number of hydrogen-bond donors (Lipinski definition) is 0. The van der Waals surface area contributed by atoms with Gasteiger partial charge in [-0.2, -0.15) is 0 Å². The zero-order chi connectivity index (χ0) is 13.7. The van der Waals surface area contributed by atoms with Gasteiger partial charge in [0.15, 0.2) is 0 Å². The lowest BCUT2D eigenvalue weighted by Crippen LogP contribution is -2.41. The Morgan fingerprint density at radius 2 is 1.68 bits per heavy atom. The average molecular weight is 256 g/mol. The normalized spacial score (nSPS) is 20.9. The summed E-state index contributed by atoms with van der Waals surface area (Å²) in [4.78, 5) is 8.41. The summed E-state index contributed by atoms with van der Waals surface area (Å²) in [6.07, 6.45) is 5.28. The lowest BCUT2D eigenvalue weighted by molar-refractivity contribution is 0.00578. The largest absolute Gasteiger partial charge is 0.495 e. The van der Waals surface area contributed by atoms with Gasteiger partial charge in [0.2, 0.25) is 0 Å². The standard InChI is InChI=1S/C14H17BN2O2/c1-13(2)14(3,4)19-15(18-13)11-6-8-17-12-9-16-7-5-10(11)12/h5-9H,1-4H3. The predicted octanol–water partition coefficient (Wildman–Crippen LogP) is 1.93. The van der Waals surface area contributed by atoms with Gasteiger partial charge in [-0.3, -0.25) is 9.97 Å². The second-order valence-corrected chi connectivity index (χ2v) is 5.88. The summed E-state index contributed by atoms with van der Waals surface area (Å²) in [6, 6.07) is 3.90. The molecule has 0 bridgehead atoms. The second-order valence-electron chi connectivity index (χ2n) is 5.88. The zero-order valence-corrected chi connectivity index (χ0v) is 11.7. The Morgan fingerprint density at radius 1 is 1.00 bits per heavy atom. The second kappa shape index (κ2) is 4.02. The molecule has 2 aromatic heterocycles. The maximum absolute atomic E-state index is 6.09. The highest BCUT2D eigenvalue weighted by molar-refractivity contribution is 6.65. The van der Waals surface area contributed by atoms with Crippen LogP contribution in [0.15, 0.2) is 30.7 Å². The topological polar surface area (TPSA) is 44.2 Å². The third-order valence-corrected chi connectivity index (χ3v) is 4.09. The molecule has 5 heteroatoms. The van der Waals surface area contributed by atoms with Gasteiger partial charge < -0.3 is 9.31 Å². The summed E-state index contributed by atoms with van der Waals surface area (Å²) in [5.41, 5.74) is 1.20. The molecule has 98 valence electrons. The number of hydrogen-bond acceptors (Lipinski definition) is 4. The first kappa shape index (κ1) is 12.6. The maximum atomic E-state index is 6.09. The molecule has 3 heterocycles. The van der Waals surface area contributed by atoms with Gasteiger partial charge in [0.05, 0.1) is 22.9 Å². The van der Waals surface area contributed by atoms with Crippen molar-refractivity contribution in [1.82, 2.24) is 9.97 Å². The predicted molar refractivity (Wildman–Crippen MR) is 75.3 cm³/mol. The first-order valence-corrected chi connectivity index (χ1v) is 6.45. The molecular weight excluding hydrogens is 239 g/mol. The smallest absolute Gasteiger partial charge is 0.399 e. The van der Waals surface area contributed by atoms with E-state index in [1.54, 1.807) is 18.6 Å². The molecule has 1 aliphatic rings. The molecule has 0 radical (unpaired) electrons. The molecular formula is C14H17BN2O2. The van der Waals surface area contributed by atoms with Gasteiger partial charge in [0.25, 0.3) is 0 Å². The van der Waals surface area contributed by atoms with Crippen molar-refractivity contribution in [1.29, 1.82) is 0 Å². The van der Waals surface area contributed by atoms with E-state index in [9.17, 15) is 0 Å². The number of nitrogens with zero attached hydrogens (tertiary/aromatic N) is 2. The molecule has 3 rings (SSSR count). The van der Waals surface area contributed by atoms with Crippen molar-refractivity contribution in [3.63, 3.8) is 0 Å². The highest BCUT2D eigenvalue weighted by atomic mass is 16.7. The summed E-state index contributed by atoms with van der Waals surface area (Å²) in [5.74, 6) is 0. The summed E-state index contributed by atoms with van der Waals surface area (Å²) < 4.78 is 12.2. The van der Waals surface area contributed by atoms with Crippen LogP contribution in [-0.4, -0.2) is 28.3 Å². The summed E-state index contributed by atoms with van der Waals surface area (Å²) in [5, 5.41) is 1.02.